The van der Waals surface area contributed by atoms with Gasteiger partial charge >= 0.3 is 0 Å². The van der Waals surface area contributed by atoms with E-state index in [9.17, 15) is 4.79 Å². The molecule has 5 heteroatoms. The molecule has 1 unspecified atom stereocenters. The van der Waals surface area contributed by atoms with Crippen LogP contribution in [0.25, 0.3) is 0 Å². The normalized spacial score (nSPS) is 17.9. The lowest BCUT2D eigenvalue weighted by Gasteiger charge is -2.27. The van der Waals surface area contributed by atoms with Gasteiger partial charge in [-0.25, -0.2) is 0 Å². The van der Waals surface area contributed by atoms with Crippen LogP contribution in [-0.4, -0.2) is 46.8 Å². The summed E-state index contributed by atoms with van der Waals surface area (Å²) in [6.45, 7) is 0.708. The van der Waals surface area contributed by atoms with Crippen LogP contribution in [0.4, 0.5) is 0 Å². The number of nitrogens with zero attached hydrogens (tertiary/aromatic N) is 3. The van der Waals surface area contributed by atoms with E-state index in [4.69, 9.17) is 5.10 Å². The summed E-state index contributed by atoms with van der Waals surface area (Å²) >= 11 is 0. The number of amides is 1. The zero-order valence-corrected chi connectivity index (χ0v) is 18.3. The van der Waals surface area contributed by atoms with Gasteiger partial charge in [0.15, 0.2) is 5.69 Å². The molecule has 1 atom stereocenters. The number of aromatic nitrogens is 2. The van der Waals surface area contributed by atoms with E-state index in [1.54, 1.807) is 19.0 Å². The number of benzene rings is 2. The van der Waals surface area contributed by atoms with Crippen molar-refractivity contribution in [3.63, 3.8) is 0 Å². The molecule has 0 fully saturated rings. The van der Waals surface area contributed by atoms with Gasteiger partial charge in [0.25, 0.3) is 5.91 Å². The predicted octanol–water partition coefficient (Wildman–Crippen LogP) is 3.25. The Morgan fingerprint density at radius 3 is 2.35 bits per heavy atom. The van der Waals surface area contributed by atoms with Crippen molar-refractivity contribution in [1.82, 2.24) is 20.0 Å². The van der Waals surface area contributed by atoms with E-state index >= 15 is 0 Å². The zero-order chi connectivity index (χ0) is 21.4. The number of carbonyl (C=O) groups excluding carboxylic acids is 1. The van der Waals surface area contributed by atoms with Crippen molar-refractivity contribution in [2.75, 3.05) is 14.1 Å². The van der Waals surface area contributed by atoms with Crippen LogP contribution in [0.2, 0.25) is 0 Å². The van der Waals surface area contributed by atoms with Crippen LogP contribution in [0.5, 0.6) is 0 Å². The first-order valence-electron chi connectivity index (χ1n) is 11.3. The van der Waals surface area contributed by atoms with Crippen molar-refractivity contribution >= 4 is 5.91 Å². The average Bonchev–Trinajstić information content (AvgIpc) is 3.34. The SMILES string of the molecule is CN(C)C(=O)c1nn(Cc2ccccc2)c2c1CC(NC1Cc3ccccc3C1)CC2. The first kappa shape index (κ1) is 20.0. The lowest BCUT2D eigenvalue weighted by Crippen LogP contribution is -2.42. The molecule has 1 aromatic heterocycles. The molecule has 0 radical (unpaired) electrons. The van der Waals surface area contributed by atoms with Gasteiger partial charge in [-0.3, -0.25) is 9.48 Å². The largest absolute Gasteiger partial charge is 0.343 e. The van der Waals surface area contributed by atoms with Crippen LogP contribution in [0.15, 0.2) is 54.6 Å². The Kier molecular flexibility index (Phi) is 5.36. The molecule has 1 N–H and O–H groups in total. The van der Waals surface area contributed by atoms with Gasteiger partial charge in [-0.2, -0.15) is 5.10 Å². The molecule has 31 heavy (non-hydrogen) atoms. The lowest BCUT2D eigenvalue weighted by atomic mass is 9.90. The van der Waals surface area contributed by atoms with Gasteiger partial charge in [0.05, 0.1) is 6.54 Å². The quantitative estimate of drug-likeness (QED) is 0.697. The second-order valence-corrected chi connectivity index (χ2v) is 9.10. The third-order valence-electron chi connectivity index (χ3n) is 6.65. The topological polar surface area (TPSA) is 50.2 Å². The first-order chi connectivity index (χ1) is 15.1. The second kappa shape index (κ2) is 8.31. The monoisotopic (exact) mass is 414 g/mol. The molecule has 2 aliphatic rings. The van der Waals surface area contributed by atoms with Crippen molar-refractivity contribution in [2.24, 2.45) is 0 Å². The fourth-order valence-corrected chi connectivity index (χ4v) is 5.11. The van der Waals surface area contributed by atoms with Crippen LogP contribution >= 0.6 is 0 Å². The minimum absolute atomic E-state index is 0.00279. The van der Waals surface area contributed by atoms with E-state index in [0.29, 0.717) is 24.3 Å². The highest BCUT2D eigenvalue weighted by molar-refractivity contribution is 5.93. The molecule has 0 bridgehead atoms. The van der Waals surface area contributed by atoms with E-state index in [1.807, 2.05) is 6.07 Å². The smallest absolute Gasteiger partial charge is 0.274 e. The summed E-state index contributed by atoms with van der Waals surface area (Å²) in [4.78, 5) is 14.6. The van der Waals surface area contributed by atoms with Crippen LogP contribution in [0, 0.1) is 0 Å². The molecular weight excluding hydrogens is 384 g/mol. The number of nitrogens with one attached hydrogen (secondary N) is 1. The third kappa shape index (κ3) is 4.02. The molecule has 160 valence electrons. The van der Waals surface area contributed by atoms with Crippen molar-refractivity contribution in [3.8, 4) is 0 Å². The number of hydrogen-bond donors (Lipinski definition) is 1. The van der Waals surface area contributed by atoms with Gasteiger partial charge in [0.1, 0.15) is 0 Å². The molecule has 0 saturated heterocycles. The van der Waals surface area contributed by atoms with E-state index in [2.05, 4.69) is 58.5 Å². The Hall–Kier alpha value is -2.92. The third-order valence-corrected chi connectivity index (χ3v) is 6.65. The highest BCUT2D eigenvalue weighted by Gasteiger charge is 2.32. The van der Waals surface area contributed by atoms with Crippen LogP contribution in [-0.2, 0) is 32.2 Å². The van der Waals surface area contributed by atoms with E-state index in [1.165, 1.54) is 22.4 Å². The van der Waals surface area contributed by atoms with E-state index < -0.39 is 0 Å². The lowest BCUT2D eigenvalue weighted by molar-refractivity contribution is 0.0820. The maximum atomic E-state index is 12.9. The molecule has 0 saturated carbocycles. The first-order valence-corrected chi connectivity index (χ1v) is 11.3. The second-order valence-electron chi connectivity index (χ2n) is 9.10. The molecule has 5 rings (SSSR count). The molecule has 2 aromatic carbocycles. The Bertz CT molecular complexity index is 1060. The minimum Gasteiger partial charge on any atom is -0.343 e. The predicted molar refractivity (Wildman–Crippen MR) is 122 cm³/mol. The number of carbonyl (C=O) groups is 1. The average molecular weight is 415 g/mol. The molecule has 2 aliphatic carbocycles. The molecular formula is C26H30N4O. The number of fused-ring (bicyclic) bond motifs is 2. The summed E-state index contributed by atoms with van der Waals surface area (Å²) in [5.74, 6) is -0.00279. The molecule has 5 nitrogen and oxygen atoms in total. The summed E-state index contributed by atoms with van der Waals surface area (Å²) < 4.78 is 2.06. The summed E-state index contributed by atoms with van der Waals surface area (Å²) in [6.07, 6.45) is 5.08. The zero-order valence-electron chi connectivity index (χ0n) is 18.3. The van der Waals surface area contributed by atoms with Gasteiger partial charge in [-0.05, 0) is 48.8 Å². The fraction of sp³-hybridized carbons (Fsp3) is 0.385. The summed E-state index contributed by atoms with van der Waals surface area (Å²) in [7, 11) is 3.61. The molecule has 1 amide bonds. The van der Waals surface area contributed by atoms with Crippen LogP contribution in [0.3, 0.4) is 0 Å². The van der Waals surface area contributed by atoms with Gasteiger partial charge in [0.2, 0.25) is 0 Å². The molecule has 1 heterocycles. The summed E-state index contributed by atoms with van der Waals surface area (Å²) in [5, 5.41) is 8.70. The highest BCUT2D eigenvalue weighted by Crippen LogP contribution is 2.28. The maximum Gasteiger partial charge on any atom is 0.274 e. The molecule has 0 aliphatic heterocycles. The Morgan fingerprint density at radius 1 is 1.00 bits per heavy atom. The van der Waals surface area contributed by atoms with Gasteiger partial charge < -0.3 is 10.2 Å². The fourth-order valence-electron chi connectivity index (χ4n) is 5.11. The maximum absolute atomic E-state index is 12.9. The Morgan fingerprint density at radius 2 is 1.68 bits per heavy atom. The molecule has 3 aromatic rings. The van der Waals surface area contributed by atoms with Crippen LogP contribution < -0.4 is 5.32 Å². The van der Waals surface area contributed by atoms with E-state index in [-0.39, 0.29) is 5.91 Å². The summed E-state index contributed by atoms with van der Waals surface area (Å²) in [5.41, 5.74) is 7.12. The van der Waals surface area contributed by atoms with Gasteiger partial charge in [-0.1, -0.05) is 54.6 Å². The van der Waals surface area contributed by atoms with Crippen molar-refractivity contribution in [1.29, 1.82) is 0 Å². The van der Waals surface area contributed by atoms with Crippen molar-refractivity contribution in [2.45, 2.75) is 50.7 Å². The Balaban J connectivity index is 1.37. The van der Waals surface area contributed by atoms with Gasteiger partial charge in [0, 0.05) is 37.4 Å². The summed E-state index contributed by atoms with van der Waals surface area (Å²) in [6, 6.07) is 20.0. The van der Waals surface area contributed by atoms with Crippen molar-refractivity contribution in [3.05, 3.63) is 88.2 Å². The van der Waals surface area contributed by atoms with Crippen LogP contribution in [0.1, 0.15) is 44.9 Å². The number of hydrogen-bond acceptors (Lipinski definition) is 3. The van der Waals surface area contributed by atoms with Crippen molar-refractivity contribution < 1.29 is 4.79 Å². The van der Waals surface area contributed by atoms with E-state index in [0.717, 1.165) is 37.7 Å². The Labute approximate surface area is 184 Å². The molecule has 0 spiro atoms. The van der Waals surface area contributed by atoms with Gasteiger partial charge in [-0.15, -0.1) is 0 Å². The minimum atomic E-state index is -0.00279. The highest BCUT2D eigenvalue weighted by atomic mass is 16.2. The standard InChI is InChI=1S/C26H30N4O/c1-29(2)26(31)25-23-16-21(27-22-14-19-10-6-7-11-20(19)15-22)12-13-24(23)30(28-25)17-18-8-4-3-5-9-18/h3-11,21-22,27H,12-17H2,1-2H3. The number of rotatable bonds is 5.